The van der Waals surface area contributed by atoms with Gasteiger partial charge in [0.25, 0.3) is 0 Å². The molecule has 0 spiro atoms. The summed E-state index contributed by atoms with van der Waals surface area (Å²) in [4.78, 5) is 6.86. The number of halogens is 1. The number of hydrogen-bond donors (Lipinski definition) is 1. The lowest BCUT2D eigenvalue weighted by atomic mass is 10.2. The topological polar surface area (TPSA) is 58.3 Å². The van der Waals surface area contributed by atoms with Crippen LogP contribution in [0.3, 0.4) is 0 Å². The maximum atomic E-state index is 6.30. The maximum absolute atomic E-state index is 6.30. The smallest absolute Gasteiger partial charge is 0.194 e. The fourth-order valence-electron chi connectivity index (χ4n) is 2.64. The van der Waals surface area contributed by atoms with Gasteiger partial charge in [-0.3, -0.25) is 4.99 Å². The van der Waals surface area contributed by atoms with Crippen LogP contribution in [0.25, 0.3) is 0 Å². The van der Waals surface area contributed by atoms with Crippen LogP contribution in [0.5, 0.6) is 0 Å². The van der Waals surface area contributed by atoms with E-state index in [1.54, 1.807) is 6.33 Å². The normalized spacial score (nSPS) is 11.6. The van der Waals surface area contributed by atoms with Crippen molar-refractivity contribution in [3.63, 3.8) is 0 Å². The lowest BCUT2D eigenvalue weighted by Gasteiger charge is -2.23. The highest BCUT2D eigenvalue weighted by Gasteiger charge is 2.09. The molecule has 1 aromatic carbocycles. The number of rotatable bonds is 9. The van der Waals surface area contributed by atoms with Crippen LogP contribution >= 0.6 is 11.6 Å². The first kappa shape index (κ1) is 20.2. The van der Waals surface area contributed by atoms with Crippen molar-refractivity contribution < 1.29 is 0 Å². The van der Waals surface area contributed by atoms with E-state index < -0.39 is 0 Å². The Hall–Kier alpha value is -2.08. The third-order valence-electron chi connectivity index (χ3n) is 4.15. The Morgan fingerprint density at radius 3 is 2.85 bits per heavy atom. The number of guanidine groups is 1. The monoisotopic (exact) mass is 376 g/mol. The summed E-state index contributed by atoms with van der Waals surface area (Å²) in [5.74, 6) is 1.89. The maximum Gasteiger partial charge on any atom is 0.194 e. The second-order valence-corrected chi connectivity index (χ2v) is 6.63. The third kappa shape index (κ3) is 6.02. The molecule has 0 amide bonds. The first-order chi connectivity index (χ1) is 12.7. The number of unbranched alkanes of at least 4 members (excludes halogenated alkanes) is 1. The highest BCUT2D eigenvalue weighted by atomic mass is 35.5. The van der Waals surface area contributed by atoms with Crippen molar-refractivity contribution in [2.24, 2.45) is 4.99 Å². The Bertz CT molecular complexity index is 697. The summed E-state index contributed by atoms with van der Waals surface area (Å²) in [7, 11) is 2.04. The van der Waals surface area contributed by atoms with Gasteiger partial charge in [0.05, 0.1) is 0 Å². The van der Waals surface area contributed by atoms with E-state index in [9.17, 15) is 0 Å². The number of benzene rings is 1. The summed E-state index contributed by atoms with van der Waals surface area (Å²) in [5, 5.41) is 12.4. The summed E-state index contributed by atoms with van der Waals surface area (Å²) in [6.07, 6.45) is 4.87. The Labute approximate surface area is 161 Å². The quantitative estimate of drug-likeness (QED) is 0.414. The molecule has 26 heavy (non-hydrogen) atoms. The molecular weight excluding hydrogens is 348 g/mol. The van der Waals surface area contributed by atoms with Crippen LogP contribution in [0.1, 0.15) is 38.1 Å². The fourth-order valence-corrected chi connectivity index (χ4v) is 2.83. The zero-order chi connectivity index (χ0) is 18.8. The largest absolute Gasteiger partial charge is 0.354 e. The second kappa shape index (κ2) is 10.8. The molecule has 0 aliphatic heterocycles. The molecule has 0 radical (unpaired) electrons. The van der Waals surface area contributed by atoms with Gasteiger partial charge in [0, 0.05) is 44.7 Å². The number of aromatic nitrogens is 3. The van der Waals surface area contributed by atoms with E-state index in [4.69, 9.17) is 16.6 Å². The van der Waals surface area contributed by atoms with Crippen LogP contribution in [0.4, 0.5) is 0 Å². The predicted molar refractivity (Wildman–Crippen MR) is 108 cm³/mol. The van der Waals surface area contributed by atoms with E-state index in [1.165, 1.54) is 0 Å². The summed E-state index contributed by atoms with van der Waals surface area (Å²) < 4.78 is 2.07. The van der Waals surface area contributed by atoms with Crippen LogP contribution < -0.4 is 5.32 Å². The molecule has 2 rings (SSSR count). The van der Waals surface area contributed by atoms with Gasteiger partial charge < -0.3 is 14.8 Å². The lowest BCUT2D eigenvalue weighted by Crippen LogP contribution is -2.40. The highest BCUT2D eigenvalue weighted by molar-refractivity contribution is 6.31. The van der Waals surface area contributed by atoms with Crippen molar-refractivity contribution in [3.05, 3.63) is 47.0 Å². The molecule has 1 N–H and O–H groups in total. The summed E-state index contributed by atoms with van der Waals surface area (Å²) in [6, 6.07) is 7.93. The zero-order valence-electron chi connectivity index (χ0n) is 16.0. The number of aliphatic imine (C=N–C) groups is 1. The highest BCUT2D eigenvalue weighted by Crippen LogP contribution is 2.16. The first-order valence-electron chi connectivity index (χ1n) is 9.25. The van der Waals surface area contributed by atoms with Crippen molar-refractivity contribution in [1.82, 2.24) is 25.0 Å². The Morgan fingerprint density at radius 2 is 2.12 bits per heavy atom. The van der Waals surface area contributed by atoms with Gasteiger partial charge in [0.2, 0.25) is 0 Å². The summed E-state index contributed by atoms with van der Waals surface area (Å²) >= 11 is 6.30. The van der Waals surface area contributed by atoms with Crippen LogP contribution in [-0.4, -0.2) is 45.8 Å². The molecule has 2 aromatic rings. The predicted octanol–water partition coefficient (Wildman–Crippen LogP) is 3.37. The molecule has 6 nitrogen and oxygen atoms in total. The number of hydrogen-bond acceptors (Lipinski definition) is 3. The Balaban J connectivity index is 1.98. The molecule has 0 bridgehead atoms. The summed E-state index contributed by atoms with van der Waals surface area (Å²) in [5.41, 5.74) is 1.09. The summed E-state index contributed by atoms with van der Waals surface area (Å²) in [6.45, 7) is 7.37. The molecule has 0 aliphatic rings. The van der Waals surface area contributed by atoms with E-state index in [1.807, 2.05) is 31.3 Å². The van der Waals surface area contributed by atoms with Gasteiger partial charge in [-0.15, -0.1) is 10.2 Å². The minimum atomic E-state index is 0.713. The molecule has 0 unspecified atom stereocenters. The van der Waals surface area contributed by atoms with Gasteiger partial charge in [-0.05, 0) is 18.1 Å². The van der Waals surface area contributed by atoms with Crippen LogP contribution in [-0.2, 0) is 19.5 Å². The van der Waals surface area contributed by atoms with Gasteiger partial charge in [-0.1, -0.05) is 50.1 Å². The molecule has 142 valence electrons. The van der Waals surface area contributed by atoms with Crippen LogP contribution in [0, 0.1) is 0 Å². The molecule has 7 heteroatoms. The SMILES string of the molecule is CCCCN=C(NCCn1cnnc1CC)N(C)Cc1ccccc1Cl. The zero-order valence-corrected chi connectivity index (χ0v) is 16.7. The third-order valence-corrected chi connectivity index (χ3v) is 4.52. The van der Waals surface area contributed by atoms with E-state index in [0.717, 1.165) is 61.3 Å². The van der Waals surface area contributed by atoms with Gasteiger partial charge in [-0.25, -0.2) is 0 Å². The Morgan fingerprint density at radius 1 is 1.31 bits per heavy atom. The van der Waals surface area contributed by atoms with E-state index in [-0.39, 0.29) is 0 Å². The Kier molecular flexibility index (Phi) is 8.41. The molecule has 1 heterocycles. The average molecular weight is 377 g/mol. The first-order valence-corrected chi connectivity index (χ1v) is 9.63. The van der Waals surface area contributed by atoms with Gasteiger partial charge in [-0.2, -0.15) is 0 Å². The molecule has 0 saturated carbocycles. The fraction of sp³-hybridized carbons (Fsp3) is 0.526. The van der Waals surface area contributed by atoms with Gasteiger partial charge >= 0.3 is 0 Å². The lowest BCUT2D eigenvalue weighted by molar-refractivity contribution is 0.470. The minimum Gasteiger partial charge on any atom is -0.354 e. The number of aryl methyl sites for hydroxylation is 1. The van der Waals surface area contributed by atoms with Crippen molar-refractivity contribution in [1.29, 1.82) is 0 Å². The minimum absolute atomic E-state index is 0.713. The van der Waals surface area contributed by atoms with Crippen molar-refractivity contribution >= 4 is 17.6 Å². The molecule has 1 aromatic heterocycles. The molecular formula is C19H29ClN6. The van der Waals surface area contributed by atoms with Crippen LogP contribution in [0.15, 0.2) is 35.6 Å². The molecule has 0 aliphatic carbocycles. The van der Waals surface area contributed by atoms with Gasteiger partial charge in [0.1, 0.15) is 12.2 Å². The number of nitrogens with zero attached hydrogens (tertiary/aromatic N) is 5. The van der Waals surface area contributed by atoms with Gasteiger partial charge in [0.15, 0.2) is 5.96 Å². The molecule has 0 atom stereocenters. The standard InChI is InChI=1S/C19H29ClN6/c1-4-6-11-21-19(22-12-13-26-15-23-24-18(26)5-2)25(3)14-16-9-7-8-10-17(16)20/h7-10,15H,4-6,11-14H2,1-3H3,(H,21,22). The van der Waals surface area contributed by atoms with E-state index in [2.05, 4.69) is 38.8 Å². The van der Waals surface area contributed by atoms with Crippen molar-refractivity contribution in [2.45, 2.75) is 46.2 Å². The van der Waals surface area contributed by atoms with Crippen molar-refractivity contribution in [2.75, 3.05) is 20.1 Å². The van der Waals surface area contributed by atoms with E-state index >= 15 is 0 Å². The van der Waals surface area contributed by atoms with Crippen LogP contribution in [0.2, 0.25) is 5.02 Å². The average Bonchev–Trinajstić information content (AvgIpc) is 3.10. The number of nitrogens with one attached hydrogen (secondary N) is 1. The molecule has 0 saturated heterocycles. The second-order valence-electron chi connectivity index (χ2n) is 6.23. The van der Waals surface area contributed by atoms with E-state index in [0.29, 0.717) is 6.54 Å². The van der Waals surface area contributed by atoms with Crippen molar-refractivity contribution in [3.8, 4) is 0 Å². The molecule has 0 fully saturated rings.